The smallest absolute Gasteiger partial charge is 0.0555 e. The van der Waals surface area contributed by atoms with E-state index in [1.165, 1.54) is 18.4 Å². The molecule has 0 N–H and O–H groups in total. The predicted molar refractivity (Wildman–Crippen MR) is 68.1 cm³/mol. The number of ether oxygens (including phenoxy) is 1. The summed E-state index contributed by atoms with van der Waals surface area (Å²) in [4.78, 5) is 0. The highest BCUT2D eigenvalue weighted by atomic mass is 35.5. The second-order valence-electron chi connectivity index (χ2n) is 4.76. The molecule has 0 aliphatic heterocycles. The van der Waals surface area contributed by atoms with Crippen LogP contribution in [0.15, 0.2) is 24.3 Å². The molecule has 1 aromatic rings. The Labute approximate surface area is 103 Å². The van der Waals surface area contributed by atoms with Gasteiger partial charge in [-0.1, -0.05) is 23.7 Å². The highest BCUT2D eigenvalue weighted by molar-refractivity contribution is 6.30. The van der Waals surface area contributed by atoms with Crippen molar-refractivity contribution in [2.75, 3.05) is 6.61 Å². The van der Waals surface area contributed by atoms with E-state index >= 15 is 0 Å². The average molecular weight is 239 g/mol. The van der Waals surface area contributed by atoms with Crippen molar-refractivity contribution in [3.63, 3.8) is 0 Å². The largest absolute Gasteiger partial charge is 0.379 e. The summed E-state index contributed by atoms with van der Waals surface area (Å²) < 4.78 is 5.64. The molecule has 1 atom stereocenters. The number of halogens is 1. The highest BCUT2D eigenvalue weighted by Crippen LogP contribution is 2.52. The average Bonchev–Trinajstić information content (AvgIpc) is 3.00. The Morgan fingerprint density at radius 3 is 2.44 bits per heavy atom. The molecule has 1 aliphatic carbocycles. The molecule has 2 rings (SSSR count). The molecule has 1 aromatic carbocycles. The van der Waals surface area contributed by atoms with Gasteiger partial charge in [-0.3, -0.25) is 0 Å². The van der Waals surface area contributed by atoms with Gasteiger partial charge in [-0.2, -0.15) is 0 Å². The van der Waals surface area contributed by atoms with E-state index in [2.05, 4.69) is 26.0 Å². The van der Waals surface area contributed by atoms with Crippen LogP contribution in [-0.4, -0.2) is 12.7 Å². The summed E-state index contributed by atoms with van der Waals surface area (Å²) in [6.45, 7) is 5.02. The fourth-order valence-electron chi connectivity index (χ4n) is 2.46. The van der Waals surface area contributed by atoms with Crippen LogP contribution in [0.3, 0.4) is 0 Å². The maximum absolute atomic E-state index is 5.91. The first-order chi connectivity index (χ1) is 7.66. The zero-order valence-electron chi connectivity index (χ0n) is 10.0. The van der Waals surface area contributed by atoms with Gasteiger partial charge in [-0.25, -0.2) is 0 Å². The lowest BCUT2D eigenvalue weighted by atomic mass is 9.90. The third-order valence-corrected chi connectivity index (χ3v) is 3.69. The predicted octanol–water partition coefficient (Wildman–Crippen LogP) is 4.19. The first-order valence-corrected chi connectivity index (χ1v) is 6.42. The van der Waals surface area contributed by atoms with E-state index in [0.717, 1.165) is 18.1 Å². The van der Waals surface area contributed by atoms with Crippen LogP contribution < -0.4 is 0 Å². The third-order valence-electron chi connectivity index (χ3n) is 3.44. The van der Waals surface area contributed by atoms with Crippen molar-refractivity contribution in [1.82, 2.24) is 0 Å². The molecule has 0 heterocycles. The highest BCUT2D eigenvalue weighted by Gasteiger charge is 2.44. The topological polar surface area (TPSA) is 9.23 Å². The van der Waals surface area contributed by atoms with Gasteiger partial charge in [0, 0.05) is 11.6 Å². The Hall–Kier alpha value is -0.530. The molecule has 0 amide bonds. The molecule has 2 heteroatoms. The molecule has 88 valence electrons. The van der Waals surface area contributed by atoms with E-state index in [9.17, 15) is 0 Å². The summed E-state index contributed by atoms with van der Waals surface area (Å²) in [5, 5.41) is 0.817. The molecule has 1 aliphatic rings. The van der Waals surface area contributed by atoms with E-state index < -0.39 is 0 Å². The molecular formula is C14H19ClO. The van der Waals surface area contributed by atoms with Gasteiger partial charge in [0.25, 0.3) is 0 Å². The molecule has 16 heavy (non-hydrogen) atoms. The first-order valence-electron chi connectivity index (χ1n) is 6.04. The van der Waals surface area contributed by atoms with Crippen LogP contribution in [0.5, 0.6) is 0 Å². The lowest BCUT2D eigenvalue weighted by molar-refractivity contribution is 0.0627. The van der Waals surface area contributed by atoms with Gasteiger partial charge in [0.15, 0.2) is 0 Å². The van der Waals surface area contributed by atoms with Gasteiger partial charge in [0.1, 0.15) is 0 Å². The Balaban J connectivity index is 2.05. The summed E-state index contributed by atoms with van der Waals surface area (Å²) in [6.07, 6.45) is 4.05. The summed E-state index contributed by atoms with van der Waals surface area (Å²) in [7, 11) is 0. The van der Waals surface area contributed by atoms with Crippen molar-refractivity contribution >= 4 is 11.6 Å². The van der Waals surface area contributed by atoms with E-state index in [1.807, 2.05) is 12.1 Å². The van der Waals surface area contributed by atoms with Gasteiger partial charge in [0.2, 0.25) is 0 Å². The number of rotatable bonds is 5. The van der Waals surface area contributed by atoms with Gasteiger partial charge >= 0.3 is 0 Å². The van der Waals surface area contributed by atoms with Crippen molar-refractivity contribution in [1.29, 1.82) is 0 Å². The van der Waals surface area contributed by atoms with Crippen LogP contribution in [0.25, 0.3) is 0 Å². The number of benzene rings is 1. The quantitative estimate of drug-likeness (QED) is 0.748. The van der Waals surface area contributed by atoms with Gasteiger partial charge in [-0.15, -0.1) is 0 Å². The Morgan fingerprint density at radius 2 is 1.94 bits per heavy atom. The van der Waals surface area contributed by atoms with Crippen LogP contribution in [-0.2, 0) is 10.2 Å². The second-order valence-corrected chi connectivity index (χ2v) is 5.19. The standard InChI is InChI=1S/C14H19ClO/c1-3-16-11(2)10-14(8-9-14)12-4-6-13(15)7-5-12/h4-7,11H,3,8-10H2,1-2H3. The van der Waals surface area contributed by atoms with Crippen LogP contribution in [0.4, 0.5) is 0 Å². The molecule has 0 spiro atoms. The third kappa shape index (κ3) is 2.58. The van der Waals surface area contributed by atoms with Crippen molar-refractivity contribution in [3.05, 3.63) is 34.9 Å². The zero-order valence-corrected chi connectivity index (χ0v) is 10.8. The molecule has 1 unspecified atom stereocenters. The maximum Gasteiger partial charge on any atom is 0.0555 e. The van der Waals surface area contributed by atoms with E-state index in [-0.39, 0.29) is 0 Å². The molecular weight excluding hydrogens is 220 g/mol. The van der Waals surface area contributed by atoms with Crippen molar-refractivity contribution in [3.8, 4) is 0 Å². The normalized spacial score (nSPS) is 19.4. The summed E-state index contributed by atoms with van der Waals surface area (Å²) in [5.41, 5.74) is 1.79. The van der Waals surface area contributed by atoms with Crippen molar-refractivity contribution < 1.29 is 4.74 Å². The zero-order chi connectivity index (χ0) is 11.6. The van der Waals surface area contributed by atoms with Crippen LogP contribution >= 0.6 is 11.6 Å². The first kappa shape index (κ1) is 11.9. The van der Waals surface area contributed by atoms with Crippen molar-refractivity contribution in [2.24, 2.45) is 0 Å². The van der Waals surface area contributed by atoms with Crippen LogP contribution in [0.2, 0.25) is 5.02 Å². The molecule has 1 fully saturated rings. The minimum Gasteiger partial charge on any atom is -0.379 e. The van der Waals surface area contributed by atoms with Crippen molar-refractivity contribution in [2.45, 2.75) is 44.6 Å². The molecule has 1 saturated carbocycles. The minimum absolute atomic E-state index is 0.350. The Bertz CT molecular complexity index is 340. The fourth-order valence-corrected chi connectivity index (χ4v) is 2.58. The molecule has 0 saturated heterocycles. The monoisotopic (exact) mass is 238 g/mol. The van der Waals surface area contributed by atoms with E-state index in [4.69, 9.17) is 16.3 Å². The minimum atomic E-state index is 0.350. The number of hydrogen-bond acceptors (Lipinski definition) is 1. The lowest BCUT2D eigenvalue weighted by Crippen LogP contribution is -2.18. The molecule has 1 nitrogen and oxygen atoms in total. The van der Waals surface area contributed by atoms with Crippen LogP contribution in [0.1, 0.15) is 38.7 Å². The Morgan fingerprint density at radius 1 is 1.31 bits per heavy atom. The number of hydrogen-bond donors (Lipinski definition) is 0. The molecule has 0 radical (unpaired) electrons. The maximum atomic E-state index is 5.91. The summed E-state index contributed by atoms with van der Waals surface area (Å²) >= 11 is 5.91. The Kier molecular flexibility index (Phi) is 3.56. The lowest BCUT2D eigenvalue weighted by Gasteiger charge is -2.20. The van der Waals surface area contributed by atoms with Gasteiger partial charge in [0.05, 0.1) is 6.10 Å². The van der Waals surface area contributed by atoms with Gasteiger partial charge < -0.3 is 4.74 Å². The van der Waals surface area contributed by atoms with E-state index in [1.54, 1.807) is 0 Å². The van der Waals surface area contributed by atoms with E-state index in [0.29, 0.717) is 11.5 Å². The SMILES string of the molecule is CCOC(C)CC1(c2ccc(Cl)cc2)CC1. The summed E-state index contributed by atoms with van der Waals surface area (Å²) in [5.74, 6) is 0. The van der Waals surface area contributed by atoms with Gasteiger partial charge in [-0.05, 0) is 56.2 Å². The van der Waals surface area contributed by atoms with Crippen LogP contribution in [0, 0.1) is 0 Å². The fraction of sp³-hybridized carbons (Fsp3) is 0.571. The second kappa shape index (κ2) is 4.77. The molecule has 0 bridgehead atoms. The molecule has 0 aromatic heterocycles. The summed E-state index contributed by atoms with van der Waals surface area (Å²) in [6, 6.07) is 8.30.